The van der Waals surface area contributed by atoms with Gasteiger partial charge in [-0.2, -0.15) is 0 Å². The fourth-order valence-electron chi connectivity index (χ4n) is 4.39. The molecular weight excluding hydrogens is 389 g/mol. The number of morpholine rings is 1. The van der Waals surface area contributed by atoms with Gasteiger partial charge in [-0.1, -0.05) is 0 Å². The van der Waals surface area contributed by atoms with E-state index in [1.165, 1.54) is 6.07 Å². The number of amides is 1. The minimum absolute atomic E-state index is 0.0517. The molecule has 2 atom stereocenters. The second-order valence-electron chi connectivity index (χ2n) is 9.34. The predicted octanol–water partition coefficient (Wildman–Crippen LogP) is 2.78. The van der Waals surface area contributed by atoms with Crippen molar-refractivity contribution in [3.05, 3.63) is 24.0 Å². The molecule has 2 bridgehead atoms. The third-order valence-electron chi connectivity index (χ3n) is 5.72. The third kappa shape index (κ3) is 4.98. The molecule has 8 heteroatoms. The maximum atomic E-state index is 14.4. The fraction of sp³-hybridized carbons (Fsp3) is 0.682. The van der Waals surface area contributed by atoms with E-state index >= 15 is 0 Å². The highest BCUT2D eigenvalue weighted by molar-refractivity contribution is 5.68. The standard InChI is InChI=1S/C22H32FN3O4/c1-22(2,3)30-21(27)25-6-4-19(5-7-25)29-20-9-15(23)8-16(10-20)26-17-11-24-12-18(26)14-28-13-17/h8-10,17-19,24H,4-7,11-14H2,1-3H3/t17-,18+. The number of rotatable bonds is 3. The molecule has 3 saturated heterocycles. The number of hydrogen-bond acceptors (Lipinski definition) is 6. The van der Waals surface area contributed by atoms with E-state index in [1.54, 1.807) is 11.0 Å². The molecule has 0 saturated carbocycles. The second kappa shape index (κ2) is 8.59. The summed E-state index contributed by atoms with van der Waals surface area (Å²) in [5, 5.41) is 3.42. The van der Waals surface area contributed by atoms with Crippen molar-refractivity contribution < 1.29 is 23.4 Å². The van der Waals surface area contributed by atoms with Gasteiger partial charge in [-0.15, -0.1) is 0 Å². The molecule has 0 aromatic heterocycles. The van der Waals surface area contributed by atoms with Gasteiger partial charge in [0.2, 0.25) is 0 Å². The van der Waals surface area contributed by atoms with Crippen LogP contribution in [-0.2, 0) is 9.47 Å². The van der Waals surface area contributed by atoms with Crippen LogP contribution in [0.5, 0.6) is 5.75 Å². The zero-order valence-corrected chi connectivity index (χ0v) is 18.0. The molecule has 0 aliphatic carbocycles. The Labute approximate surface area is 177 Å². The first-order chi connectivity index (χ1) is 14.3. The van der Waals surface area contributed by atoms with Crippen molar-refractivity contribution >= 4 is 11.8 Å². The number of halogens is 1. The van der Waals surface area contributed by atoms with Gasteiger partial charge in [0.1, 0.15) is 23.3 Å². The zero-order valence-electron chi connectivity index (χ0n) is 18.0. The Bertz CT molecular complexity index is 739. The number of piperidine rings is 1. The minimum Gasteiger partial charge on any atom is -0.490 e. The van der Waals surface area contributed by atoms with Crippen LogP contribution < -0.4 is 15.0 Å². The van der Waals surface area contributed by atoms with E-state index in [2.05, 4.69) is 10.2 Å². The number of hydrogen-bond donors (Lipinski definition) is 1. The molecule has 1 amide bonds. The van der Waals surface area contributed by atoms with E-state index in [4.69, 9.17) is 14.2 Å². The van der Waals surface area contributed by atoms with Crippen LogP contribution in [0, 0.1) is 5.82 Å². The number of piperazine rings is 1. The minimum atomic E-state index is -0.504. The third-order valence-corrected chi connectivity index (χ3v) is 5.72. The summed E-state index contributed by atoms with van der Waals surface area (Å²) in [7, 11) is 0. The topological polar surface area (TPSA) is 63.3 Å². The number of anilines is 1. The number of nitrogens with zero attached hydrogens (tertiary/aromatic N) is 2. The first-order valence-electron chi connectivity index (χ1n) is 10.8. The number of carbonyl (C=O) groups excluding carboxylic acids is 1. The van der Waals surface area contributed by atoms with E-state index < -0.39 is 5.60 Å². The lowest BCUT2D eigenvalue weighted by Gasteiger charge is -2.47. The normalized spacial score (nSPS) is 25.2. The molecule has 1 aromatic rings. The zero-order chi connectivity index (χ0) is 21.3. The average Bonchev–Trinajstić information content (AvgIpc) is 2.66. The van der Waals surface area contributed by atoms with Gasteiger partial charge in [-0.3, -0.25) is 0 Å². The Balaban J connectivity index is 1.38. The van der Waals surface area contributed by atoms with Gasteiger partial charge in [0, 0.05) is 56.8 Å². The molecule has 3 aliphatic heterocycles. The van der Waals surface area contributed by atoms with E-state index in [0.29, 0.717) is 44.9 Å². The van der Waals surface area contributed by atoms with Gasteiger partial charge in [0.25, 0.3) is 0 Å². The Kier molecular flexibility index (Phi) is 6.06. The average molecular weight is 422 g/mol. The van der Waals surface area contributed by atoms with Crippen LogP contribution in [0.25, 0.3) is 0 Å². The summed E-state index contributed by atoms with van der Waals surface area (Å²) in [6.45, 7) is 9.66. The first kappa shape index (κ1) is 21.2. The van der Waals surface area contributed by atoms with E-state index in [1.807, 2.05) is 26.8 Å². The summed E-state index contributed by atoms with van der Waals surface area (Å²) in [6, 6.07) is 5.35. The van der Waals surface area contributed by atoms with Gasteiger partial charge < -0.3 is 29.3 Å². The molecule has 7 nitrogen and oxygen atoms in total. The van der Waals surface area contributed by atoms with Gasteiger partial charge in [-0.25, -0.2) is 9.18 Å². The molecule has 3 fully saturated rings. The summed E-state index contributed by atoms with van der Waals surface area (Å²) in [6.07, 6.45) is 1.04. The maximum Gasteiger partial charge on any atom is 0.410 e. The van der Waals surface area contributed by atoms with Crippen molar-refractivity contribution in [2.24, 2.45) is 0 Å². The molecular formula is C22H32FN3O4. The van der Waals surface area contributed by atoms with Gasteiger partial charge >= 0.3 is 6.09 Å². The molecule has 0 unspecified atom stereocenters. The van der Waals surface area contributed by atoms with Crippen LogP contribution in [-0.4, -0.2) is 74.2 Å². The van der Waals surface area contributed by atoms with Gasteiger partial charge in [0.15, 0.2) is 0 Å². The fourth-order valence-corrected chi connectivity index (χ4v) is 4.39. The molecule has 1 N–H and O–H groups in total. The lowest BCUT2D eigenvalue weighted by molar-refractivity contribution is 0.0126. The molecule has 0 radical (unpaired) electrons. The van der Waals surface area contributed by atoms with Crippen molar-refractivity contribution in [2.45, 2.75) is 57.4 Å². The number of carbonyl (C=O) groups is 1. The molecule has 3 heterocycles. The molecule has 30 heavy (non-hydrogen) atoms. The van der Waals surface area contributed by atoms with Crippen LogP contribution in [0.1, 0.15) is 33.6 Å². The molecule has 4 rings (SSSR count). The lowest BCUT2D eigenvalue weighted by atomic mass is 10.0. The number of ether oxygens (including phenoxy) is 3. The first-order valence-corrected chi connectivity index (χ1v) is 10.8. The highest BCUT2D eigenvalue weighted by Crippen LogP contribution is 2.31. The van der Waals surface area contributed by atoms with Crippen LogP contribution in [0.4, 0.5) is 14.9 Å². The summed E-state index contributed by atoms with van der Waals surface area (Å²) in [4.78, 5) is 16.2. The van der Waals surface area contributed by atoms with Crippen LogP contribution in [0.3, 0.4) is 0 Å². The van der Waals surface area contributed by atoms with Gasteiger partial charge in [-0.05, 0) is 26.8 Å². The van der Waals surface area contributed by atoms with E-state index in [-0.39, 0.29) is 30.1 Å². The van der Waals surface area contributed by atoms with Crippen molar-refractivity contribution in [2.75, 3.05) is 44.3 Å². The molecule has 1 aromatic carbocycles. The highest BCUT2D eigenvalue weighted by atomic mass is 19.1. The van der Waals surface area contributed by atoms with E-state index in [0.717, 1.165) is 18.8 Å². The van der Waals surface area contributed by atoms with Crippen molar-refractivity contribution in [1.29, 1.82) is 0 Å². The smallest absolute Gasteiger partial charge is 0.410 e. The Morgan fingerprint density at radius 3 is 2.43 bits per heavy atom. The van der Waals surface area contributed by atoms with Crippen molar-refractivity contribution in [3.63, 3.8) is 0 Å². The largest absolute Gasteiger partial charge is 0.490 e. The predicted molar refractivity (Wildman–Crippen MR) is 112 cm³/mol. The maximum absolute atomic E-state index is 14.4. The summed E-state index contributed by atoms with van der Waals surface area (Å²) in [5.74, 6) is 0.240. The Morgan fingerprint density at radius 1 is 1.13 bits per heavy atom. The second-order valence-corrected chi connectivity index (χ2v) is 9.34. The van der Waals surface area contributed by atoms with Crippen LogP contribution in [0.2, 0.25) is 0 Å². The monoisotopic (exact) mass is 421 g/mol. The lowest BCUT2D eigenvalue weighted by Crippen LogP contribution is -2.64. The quantitative estimate of drug-likeness (QED) is 0.810. The SMILES string of the molecule is CC(C)(C)OC(=O)N1CCC(Oc2cc(F)cc(N3[C@@H]4CNC[C@H]3COC4)c2)CC1. The van der Waals surface area contributed by atoms with Crippen LogP contribution in [0.15, 0.2) is 18.2 Å². The van der Waals surface area contributed by atoms with E-state index in [9.17, 15) is 9.18 Å². The summed E-state index contributed by atoms with van der Waals surface area (Å²) >= 11 is 0. The Morgan fingerprint density at radius 2 is 1.80 bits per heavy atom. The van der Waals surface area contributed by atoms with Crippen LogP contribution >= 0.6 is 0 Å². The highest BCUT2D eigenvalue weighted by Gasteiger charge is 2.35. The number of fused-ring (bicyclic) bond motifs is 2. The molecule has 166 valence electrons. The number of benzene rings is 1. The van der Waals surface area contributed by atoms with Crippen molar-refractivity contribution in [1.82, 2.24) is 10.2 Å². The summed E-state index contributed by atoms with van der Waals surface area (Å²) in [5.41, 5.74) is 0.339. The molecule has 0 spiro atoms. The number of likely N-dealkylation sites (tertiary alicyclic amines) is 1. The Hall–Kier alpha value is -2.06. The van der Waals surface area contributed by atoms with Gasteiger partial charge in [0.05, 0.1) is 25.3 Å². The molecule has 3 aliphatic rings. The summed E-state index contributed by atoms with van der Waals surface area (Å²) < 4.78 is 31.7. The van der Waals surface area contributed by atoms with Crippen molar-refractivity contribution in [3.8, 4) is 5.75 Å². The number of nitrogens with one attached hydrogen (secondary N) is 1.